The van der Waals surface area contributed by atoms with Gasteiger partial charge in [-0.15, -0.1) is 0 Å². The SMILES string of the molecule is CCOc1ccc(N(CCN)CC(=O)O)cc1. The van der Waals surface area contributed by atoms with E-state index >= 15 is 0 Å². The zero-order valence-electron chi connectivity index (χ0n) is 9.93. The van der Waals surface area contributed by atoms with Crippen LogP contribution >= 0.6 is 0 Å². The number of aliphatic carboxylic acids is 1. The zero-order valence-corrected chi connectivity index (χ0v) is 9.93. The average molecular weight is 238 g/mol. The first-order valence-electron chi connectivity index (χ1n) is 5.57. The van der Waals surface area contributed by atoms with Gasteiger partial charge in [0, 0.05) is 18.8 Å². The molecule has 0 bridgehead atoms. The number of ether oxygens (including phenoxy) is 1. The van der Waals surface area contributed by atoms with E-state index in [2.05, 4.69) is 0 Å². The fourth-order valence-corrected chi connectivity index (χ4v) is 1.54. The first kappa shape index (κ1) is 13.3. The summed E-state index contributed by atoms with van der Waals surface area (Å²) in [4.78, 5) is 12.4. The van der Waals surface area contributed by atoms with Gasteiger partial charge in [0.25, 0.3) is 0 Å². The zero-order chi connectivity index (χ0) is 12.7. The Morgan fingerprint density at radius 1 is 1.41 bits per heavy atom. The first-order chi connectivity index (χ1) is 8.17. The van der Waals surface area contributed by atoms with E-state index in [0.717, 1.165) is 11.4 Å². The molecule has 0 aromatic heterocycles. The van der Waals surface area contributed by atoms with Crippen LogP contribution in [0.2, 0.25) is 0 Å². The van der Waals surface area contributed by atoms with Gasteiger partial charge in [0.1, 0.15) is 12.3 Å². The topological polar surface area (TPSA) is 75.8 Å². The highest BCUT2D eigenvalue weighted by Gasteiger charge is 2.09. The fraction of sp³-hybridized carbons (Fsp3) is 0.417. The Hall–Kier alpha value is -1.75. The fourth-order valence-electron chi connectivity index (χ4n) is 1.54. The minimum absolute atomic E-state index is 0.0504. The first-order valence-corrected chi connectivity index (χ1v) is 5.57. The smallest absolute Gasteiger partial charge is 0.323 e. The summed E-state index contributed by atoms with van der Waals surface area (Å²) in [7, 11) is 0. The minimum atomic E-state index is -0.868. The molecule has 0 radical (unpaired) electrons. The van der Waals surface area contributed by atoms with Crippen LogP contribution in [0, 0.1) is 0 Å². The molecule has 0 aliphatic carbocycles. The average Bonchev–Trinajstić information content (AvgIpc) is 2.29. The van der Waals surface area contributed by atoms with Gasteiger partial charge in [0.2, 0.25) is 0 Å². The van der Waals surface area contributed by atoms with Gasteiger partial charge in [-0.2, -0.15) is 0 Å². The lowest BCUT2D eigenvalue weighted by Gasteiger charge is -2.22. The van der Waals surface area contributed by atoms with Crippen molar-refractivity contribution in [2.24, 2.45) is 5.73 Å². The largest absolute Gasteiger partial charge is 0.494 e. The molecule has 0 heterocycles. The van der Waals surface area contributed by atoms with Gasteiger partial charge in [-0.1, -0.05) is 0 Å². The van der Waals surface area contributed by atoms with Crippen LogP contribution in [0.1, 0.15) is 6.92 Å². The lowest BCUT2D eigenvalue weighted by atomic mass is 10.2. The van der Waals surface area contributed by atoms with Crippen molar-refractivity contribution in [3.05, 3.63) is 24.3 Å². The van der Waals surface area contributed by atoms with Crippen molar-refractivity contribution in [2.75, 3.05) is 31.1 Å². The number of carboxylic acids is 1. The Labute approximate surface area is 101 Å². The summed E-state index contributed by atoms with van der Waals surface area (Å²) in [5, 5.41) is 8.80. The number of rotatable bonds is 7. The number of carboxylic acid groups (broad SMARTS) is 1. The van der Waals surface area contributed by atoms with Crippen molar-refractivity contribution in [3.8, 4) is 5.75 Å². The molecule has 1 aromatic rings. The minimum Gasteiger partial charge on any atom is -0.494 e. The van der Waals surface area contributed by atoms with Gasteiger partial charge >= 0.3 is 5.97 Å². The molecule has 94 valence electrons. The van der Waals surface area contributed by atoms with E-state index in [9.17, 15) is 4.79 Å². The molecule has 0 fully saturated rings. The van der Waals surface area contributed by atoms with Gasteiger partial charge in [-0.05, 0) is 31.2 Å². The van der Waals surface area contributed by atoms with Crippen LogP contribution in [-0.2, 0) is 4.79 Å². The van der Waals surface area contributed by atoms with E-state index < -0.39 is 5.97 Å². The van der Waals surface area contributed by atoms with Crippen molar-refractivity contribution >= 4 is 11.7 Å². The van der Waals surface area contributed by atoms with Crippen LogP contribution in [0.5, 0.6) is 5.75 Å². The Kier molecular flexibility index (Phi) is 5.29. The number of hydrogen-bond donors (Lipinski definition) is 2. The summed E-state index contributed by atoms with van der Waals surface area (Å²) < 4.78 is 5.32. The second kappa shape index (κ2) is 6.75. The summed E-state index contributed by atoms with van der Waals surface area (Å²) in [5.41, 5.74) is 6.30. The molecule has 0 aliphatic heterocycles. The number of carbonyl (C=O) groups is 1. The number of benzene rings is 1. The van der Waals surface area contributed by atoms with Crippen molar-refractivity contribution in [2.45, 2.75) is 6.92 Å². The molecule has 0 saturated heterocycles. The Morgan fingerprint density at radius 3 is 2.53 bits per heavy atom. The molecule has 0 unspecified atom stereocenters. The summed E-state index contributed by atoms with van der Waals surface area (Å²) in [6.07, 6.45) is 0. The van der Waals surface area contributed by atoms with E-state index in [1.807, 2.05) is 31.2 Å². The second-order valence-corrected chi connectivity index (χ2v) is 3.53. The lowest BCUT2D eigenvalue weighted by Crippen LogP contribution is -2.34. The lowest BCUT2D eigenvalue weighted by molar-refractivity contribution is -0.135. The Morgan fingerprint density at radius 2 is 2.06 bits per heavy atom. The molecule has 1 rings (SSSR count). The highest BCUT2D eigenvalue weighted by atomic mass is 16.5. The highest BCUT2D eigenvalue weighted by Crippen LogP contribution is 2.19. The molecule has 0 amide bonds. The standard InChI is InChI=1S/C12H18N2O3/c1-2-17-11-5-3-10(4-6-11)14(8-7-13)9-12(15)16/h3-6H,2,7-9,13H2,1H3,(H,15,16). The molecule has 0 aliphatic rings. The molecular formula is C12H18N2O3. The van der Waals surface area contributed by atoms with E-state index in [-0.39, 0.29) is 6.54 Å². The van der Waals surface area contributed by atoms with Crippen molar-refractivity contribution < 1.29 is 14.6 Å². The third kappa shape index (κ3) is 4.32. The van der Waals surface area contributed by atoms with E-state index in [4.69, 9.17) is 15.6 Å². The molecule has 0 saturated carbocycles. The molecule has 3 N–H and O–H groups in total. The summed E-state index contributed by atoms with van der Waals surface area (Å²) in [6.45, 7) is 3.41. The van der Waals surface area contributed by atoms with Crippen LogP contribution < -0.4 is 15.4 Å². The maximum atomic E-state index is 10.7. The van der Waals surface area contributed by atoms with Crippen LogP contribution in [0.4, 0.5) is 5.69 Å². The third-order valence-corrected chi connectivity index (χ3v) is 2.24. The normalized spacial score (nSPS) is 10.0. The van der Waals surface area contributed by atoms with Crippen molar-refractivity contribution in [3.63, 3.8) is 0 Å². The summed E-state index contributed by atoms with van der Waals surface area (Å²) in [6, 6.07) is 7.32. The molecule has 1 aromatic carbocycles. The Bertz CT molecular complexity index is 351. The third-order valence-electron chi connectivity index (χ3n) is 2.24. The summed E-state index contributed by atoms with van der Waals surface area (Å²) in [5.74, 6) is -0.0911. The number of nitrogens with two attached hydrogens (primary N) is 1. The monoisotopic (exact) mass is 238 g/mol. The Balaban J connectivity index is 2.75. The van der Waals surface area contributed by atoms with Crippen LogP contribution in [-0.4, -0.2) is 37.3 Å². The van der Waals surface area contributed by atoms with E-state index in [0.29, 0.717) is 19.7 Å². The number of anilines is 1. The van der Waals surface area contributed by atoms with Gasteiger partial charge in [0.15, 0.2) is 0 Å². The summed E-state index contributed by atoms with van der Waals surface area (Å²) >= 11 is 0. The quantitative estimate of drug-likeness (QED) is 0.739. The highest BCUT2D eigenvalue weighted by molar-refractivity contribution is 5.73. The molecule has 17 heavy (non-hydrogen) atoms. The van der Waals surface area contributed by atoms with Crippen LogP contribution in [0.25, 0.3) is 0 Å². The van der Waals surface area contributed by atoms with E-state index in [1.165, 1.54) is 0 Å². The van der Waals surface area contributed by atoms with Gasteiger partial charge in [0.05, 0.1) is 6.61 Å². The number of hydrogen-bond acceptors (Lipinski definition) is 4. The van der Waals surface area contributed by atoms with Crippen LogP contribution in [0.3, 0.4) is 0 Å². The predicted molar refractivity (Wildman–Crippen MR) is 66.5 cm³/mol. The van der Waals surface area contributed by atoms with Crippen molar-refractivity contribution in [1.29, 1.82) is 0 Å². The molecule has 0 spiro atoms. The van der Waals surface area contributed by atoms with Gasteiger partial charge in [-0.25, -0.2) is 0 Å². The van der Waals surface area contributed by atoms with Gasteiger partial charge in [-0.3, -0.25) is 4.79 Å². The molecule has 5 heteroatoms. The maximum absolute atomic E-state index is 10.7. The predicted octanol–water partition coefficient (Wildman–Crippen LogP) is 0.935. The molecular weight excluding hydrogens is 220 g/mol. The van der Waals surface area contributed by atoms with E-state index in [1.54, 1.807) is 4.90 Å². The van der Waals surface area contributed by atoms with Crippen LogP contribution in [0.15, 0.2) is 24.3 Å². The van der Waals surface area contributed by atoms with Gasteiger partial charge < -0.3 is 20.5 Å². The van der Waals surface area contributed by atoms with Crippen molar-refractivity contribution in [1.82, 2.24) is 0 Å². The molecule has 5 nitrogen and oxygen atoms in total. The number of nitrogens with zero attached hydrogens (tertiary/aromatic N) is 1. The second-order valence-electron chi connectivity index (χ2n) is 3.53. The maximum Gasteiger partial charge on any atom is 0.323 e. The molecule has 0 atom stereocenters.